The maximum absolute atomic E-state index is 12.8. The number of aliphatic hydroxyl groups excluding tert-OH is 1. The molecule has 0 saturated carbocycles. The molecule has 2 aromatic rings. The number of thiazole rings is 1. The lowest BCUT2D eigenvalue weighted by molar-refractivity contribution is 0.264. The average molecular weight is 237 g/mol. The third kappa shape index (κ3) is 2.65. The molecule has 1 heterocycles. The maximum atomic E-state index is 12.8. The zero-order chi connectivity index (χ0) is 11.4. The first-order valence-corrected chi connectivity index (χ1v) is 5.92. The molecule has 2 rings (SSSR count). The van der Waals surface area contributed by atoms with Gasteiger partial charge in [0.2, 0.25) is 0 Å². The molecule has 2 nitrogen and oxygen atoms in total. The number of hydrogen-bond donors (Lipinski definition) is 1. The van der Waals surface area contributed by atoms with E-state index < -0.39 is 0 Å². The normalized spacial score (nSPS) is 12.6. The van der Waals surface area contributed by atoms with Crippen molar-refractivity contribution in [2.45, 2.75) is 12.3 Å². The summed E-state index contributed by atoms with van der Waals surface area (Å²) < 4.78 is 12.8. The van der Waals surface area contributed by atoms with Crippen LogP contribution in [0.1, 0.15) is 16.5 Å². The lowest BCUT2D eigenvalue weighted by atomic mass is 9.97. The zero-order valence-corrected chi connectivity index (χ0v) is 9.45. The summed E-state index contributed by atoms with van der Waals surface area (Å²) in [6, 6.07) is 6.26. The SMILES string of the molecule is OCC(Cc1nccs1)c1ccc(F)cc1. The van der Waals surface area contributed by atoms with Crippen molar-refractivity contribution in [2.75, 3.05) is 6.61 Å². The highest BCUT2D eigenvalue weighted by molar-refractivity contribution is 7.09. The highest BCUT2D eigenvalue weighted by Crippen LogP contribution is 2.21. The molecule has 0 saturated heterocycles. The standard InChI is InChI=1S/C12H12FNOS/c13-11-3-1-9(2-4-11)10(8-15)7-12-14-5-6-16-12/h1-6,10,15H,7-8H2. The van der Waals surface area contributed by atoms with Gasteiger partial charge in [0.05, 0.1) is 11.6 Å². The Morgan fingerprint density at radius 3 is 2.62 bits per heavy atom. The highest BCUT2D eigenvalue weighted by atomic mass is 32.1. The molecule has 1 aromatic carbocycles. The summed E-state index contributed by atoms with van der Waals surface area (Å²) in [5, 5.41) is 12.2. The van der Waals surface area contributed by atoms with E-state index in [2.05, 4.69) is 4.98 Å². The van der Waals surface area contributed by atoms with E-state index in [9.17, 15) is 9.50 Å². The van der Waals surface area contributed by atoms with Gasteiger partial charge in [-0.1, -0.05) is 12.1 Å². The molecule has 1 aromatic heterocycles. The van der Waals surface area contributed by atoms with Crippen LogP contribution in [0.4, 0.5) is 4.39 Å². The summed E-state index contributed by atoms with van der Waals surface area (Å²) in [5.41, 5.74) is 0.944. The number of halogens is 1. The molecular formula is C12H12FNOS. The van der Waals surface area contributed by atoms with Crippen LogP contribution >= 0.6 is 11.3 Å². The van der Waals surface area contributed by atoms with Gasteiger partial charge in [0.25, 0.3) is 0 Å². The molecule has 0 aliphatic carbocycles. The van der Waals surface area contributed by atoms with E-state index in [4.69, 9.17) is 0 Å². The number of aliphatic hydroxyl groups is 1. The smallest absolute Gasteiger partial charge is 0.123 e. The minimum atomic E-state index is -0.255. The van der Waals surface area contributed by atoms with Crippen molar-refractivity contribution in [3.05, 3.63) is 52.2 Å². The molecule has 1 N–H and O–H groups in total. The minimum Gasteiger partial charge on any atom is -0.396 e. The molecule has 0 bridgehead atoms. The van der Waals surface area contributed by atoms with Crippen LogP contribution in [0.15, 0.2) is 35.8 Å². The Balaban J connectivity index is 2.13. The third-order valence-electron chi connectivity index (χ3n) is 2.47. The Morgan fingerprint density at radius 1 is 1.31 bits per heavy atom. The van der Waals surface area contributed by atoms with E-state index in [1.807, 2.05) is 5.38 Å². The minimum absolute atomic E-state index is 0.00764. The summed E-state index contributed by atoms with van der Waals surface area (Å²) in [5.74, 6) is -0.263. The Labute approximate surface area is 97.4 Å². The fourth-order valence-corrected chi connectivity index (χ4v) is 2.29. The number of nitrogens with zero attached hydrogens (tertiary/aromatic N) is 1. The van der Waals surface area contributed by atoms with Crippen molar-refractivity contribution in [3.8, 4) is 0 Å². The van der Waals surface area contributed by atoms with Gasteiger partial charge in [0, 0.05) is 23.9 Å². The van der Waals surface area contributed by atoms with E-state index in [0.717, 1.165) is 10.6 Å². The van der Waals surface area contributed by atoms with Gasteiger partial charge in [-0.25, -0.2) is 9.37 Å². The van der Waals surface area contributed by atoms with Crippen LogP contribution in [0.3, 0.4) is 0 Å². The van der Waals surface area contributed by atoms with Crippen LogP contribution in [0.2, 0.25) is 0 Å². The van der Waals surface area contributed by atoms with Crippen molar-refractivity contribution >= 4 is 11.3 Å². The molecular weight excluding hydrogens is 225 g/mol. The van der Waals surface area contributed by atoms with Crippen molar-refractivity contribution in [3.63, 3.8) is 0 Å². The third-order valence-corrected chi connectivity index (χ3v) is 3.27. The molecule has 1 atom stereocenters. The van der Waals surface area contributed by atoms with Gasteiger partial charge in [-0.05, 0) is 17.7 Å². The number of hydrogen-bond acceptors (Lipinski definition) is 3. The number of aromatic nitrogens is 1. The van der Waals surface area contributed by atoms with Gasteiger partial charge < -0.3 is 5.11 Å². The van der Waals surface area contributed by atoms with Crippen molar-refractivity contribution in [1.29, 1.82) is 0 Å². The van der Waals surface area contributed by atoms with Crippen molar-refractivity contribution in [1.82, 2.24) is 4.98 Å². The lowest BCUT2D eigenvalue weighted by Gasteiger charge is -2.12. The summed E-state index contributed by atoms with van der Waals surface area (Å²) in [6.07, 6.45) is 2.44. The van der Waals surface area contributed by atoms with Crippen molar-refractivity contribution in [2.24, 2.45) is 0 Å². The van der Waals surface area contributed by atoms with Gasteiger partial charge in [0.1, 0.15) is 5.82 Å². The predicted molar refractivity (Wildman–Crippen MR) is 62.0 cm³/mol. The monoisotopic (exact) mass is 237 g/mol. The Bertz CT molecular complexity index is 427. The molecule has 0 fully saturated rings. The molecule has 0 amide bonds. The lowest BCUT2D eigenvalue weighted by Crippen LogP contribution is -2.07. The van der Waals surface area contributed by atoms with Crippen LogP contribution in [0.25, 0.3) is 0 Å². The Hall–Kier alpha value is -1.26. The first-order valence-electron chi connectivity index (χ1n) is 5.04. The van der Waals surface area contributed by atoms with Gasteiger partial charge in [-0.15, -0.1) is 11.3 Å². The summed E-state index contributed by atoms with van der Waals surface area (Å²) in [7, 11) is 0. The quantitative estimate of drug-likeness (QED) is 0.886. The second-order valence-electron chi connectivity index (χ2n) is 3.56. The van der Waals surface area contributed by atoms with Crippen molar-refractivity contribution < 1.29 is 9.50 Å². The number of rotatable bonds is 4. The van der Waals surface area contributed by atoms with Gasteiger partial charge >= 0.3 is 0 Å². The van der Waals surface area contributed by atoms with Crippen LogP contribution in [-0.2, 0) is 6.42 Å². The van der Waals surface area contributed by atoms with Crippen LogP contribution in [0, 0.1) is 5.82 Å². The van der Waals surface area contributed by atoms with E-state index in [1.54, 1.807) is 29.7 Å². The van der Waals surface area contributed by atoms with E-state index >= 15 is 0 Å². The second-order valence-corrected chi connectivity index (χ2v) is 4.54. The van der Waals surface area contributed by atoms with Crippen LogP contribution in [0.5, 0.6) is 0 Å². The highest BCUT2D eigenvalue weighted by Gasteiger charge is 2.12. The molecule has 1 unspecified atom stereocenters. The summed E-state index contributed by atoms with van der Waals surface area (Å²) in [4.78, 5) is 4.18. The Kier molecular flexibility index (Phi) is 3.64. The van der Waals surface area contributed by atoms with Crippen LogP contribution < -0.4 is 0 Å². The number of benzene rings is 1. The van der Waals surface area contributed by atoms with Gasteiger partial charge in [-0.2, -0.15) is 0 Å². The first kappa shape index (κ1) is 11.2. The molecule has 0 aliphatic rings. The second kappa shape index (κ2) is 5.18. The fraction of sp³-hybridized carbons (Fsp3) is 0.250. The first-order chi connectivity index (χ1) is 7.79. The fourth-order valence-electron chi connectivity index (χ4n) is 1.59. The maximum Gasteiger partial charge on any atom is 0.123 e. The van der Waals surface area contributed by atoms with Crippen LogP contribution in [-0.4, -0.2) is 16.7 Å². The molecule has 0 radical (unpaired) electrons. The average Bonchev–Trinajstić information content (AvgIpc) is 2.80. The Morgan fingerprint density at radius 2 is 2.06 bits per heavy atom. The summed E-state index contributed by atoms with van der Waals surface area (Å²) in [6.45, 7) is 0.0468. The van der Waals surface area contributed by atoms with E-state index in [1.165, 1.54) is 12.1 Å². The largest absolute Gasteiger partial charge is 0.396 e. The van der Waals surface area contributed by atoms with Gasteiger partial charge in [0.15, 0.2) is 0 Å². The summed E-state index contributed by atoms with van der Waals surface area (Å²) >= 11 is 1.57. The molecule has 16 heavy (non-hydrogen) atoms. The zero-order valence-electron chi connectivity index (χ0n) is 8.64. The molecule has 0 aliphatic heterocycles. The van der Waals surface area contributed by atoms with E-state index in [0.29, 0.717) is 6.42 Å². The van der Waals surface area contributed by atoms with Gasteiger partial charge in [-0.3, -0.25) is 0 Å². The molecule has 84 valence electrons. The topological polar surface area (TPSA) is 33.1 Å². The van der Waals surface area contributed by atoms with E-state index in [-0.39, 0.29) is 18.3 Å². The predicted octanol–water partition coefficient (Wildman–Crippen LogP) is 2.60. The molecule has 0 spiro atoms. The molecule has 4 heteroatoms.